The molecule has 10 rings (SSSR count). The van der Waals surface area contributed by atoms with E-state index in [4.69, 9.17) is 31.0 Å². The Hall–Kier alpha value is -4.13. The molecule has 0 bridgehead atoms. The molecule has 11 heteroatoms. The van der Waals surface area contributed by atoms with Gasteiger partial charge >= 0.3 is 0 Å². The quantitative estimate of drug-likeness (QED) is 0.159. The van der Waals surface area contributed by atoms with Crippen LogP contribution in [-0.2, 0) is 22.3 Å². The first kappa shape index (κ1) is 44.1. The van der Waals surface area contributed by atoms with Crippen molar-refractivity contribution in [2.24, 2.45) is 0 Å². The minimum atomic E-state index is 0.622. The lowest BCUT2D eigenvalue weighted by Gasteiger charge is -2.38. The van der Waals surface area contributed by atoms with E-state index in [-0.39, 0.29) is 0 Å². The van der Waals surface area contributed by atoms with Crippen LogP contribution in [0.4, 0.5) is 11.4 Å². The molecule has 2 aliphatic carbocycles. The van der Waals surface area contributed by atoms with Crippen LogP contribution in [0.15, 0.2) is 84.2 Å². The van der Waals surface area contributed by atoms with Gasteiger partial charge in [0.2, 0.25) is 0 Å². The zero-order valence-corrected chi connectivity index (χ0v) is 38.8. The Morgan fingerprint density at radius 1 is 0.540 bits per heavy atom. The van der Waals surface area contributed by atoms with Gasteiger partial charge in [0.15, 0.2) is 0 Å². The second-order valence-electron chi connectivity index (χ2n) is 18.6. The molecule has 2 aromatic carbocycles. The molecular formula is C52H67ClN8O2. The van der Waals surface area contributed by atoms with Crippen molar-refractivity contribution < 1.29 is 9.47 Å². The zero-order chi connectivity index (χ0) is 43.3. The smallest absolute Gasteiger partial charge is 0.0792 e. The molecule has 0 amide bonds. The SMILES string of the molecule is CC(C)N1CCN(c2ccc(-c3nccc4c3C(Cl)=C(CN3CCOCC3)C4)cc2)CC1.CC(C)N1CCN(c2ccc(-c3nccc4c3C=C(CN3CCOCC3)C4)cc2)CC1. The predicted molar refractivity (Wildman–Crippen MR) is 260 cm³/mol. The molecule has 63 heavy (non-hydrogen) atoms. The minimum Gasteiger partial charge on any atom is -0.379 e. The normalized spacial score (nSPS) is 20.3. The average molecular weight is 872 g/mol. The maximum atomic E-state index is 6.94. The van der Waals surface area contributed by atoms with Gasteiger partial charge in [-0.2, -0.15) is 0 Å². The third kappa shape index (κ3) is 10.4. The highest BCUT2D eigenvalue weighted by molar-refractivity contribution is 6.50. The van der Waals surface area contributed by atoms with Crippen molar-refractivity contribution in [1.29, 1.82) is 0 Å². The van der Waals surface area contributed by atoms with Crippen LogP contribution in [0, 0.1) is 0 Å². The summed E-state index contributed by atoms with van der Waals surface area (Å²) in [6, 6.07) is 23.5. The van der Waals surface area contributed by atoms with Crippen molar-refractivity contribution in [3.8, 4) is 22.5 Å². The number of piperazine rings is 2. The predicted octanol–water partition coefficient (Wildman–Crippen LogP) is 7.67. The van der Waals surface area contributed by atoms with Crippen molar-refractivity contribution in [2.45, 2.75) is 52.6 Å². The number of benzene rings is 2. The summed E-state index contributed by atoms with van der Waals surface area (Å²) in [5, 5.41) is 0.892. The zero-order valence-electron chi connectivity index (χ0n) is 38.1. The van der Waals surface area contributed by atoms with Gasteiger partial charge in [-0.15, -0.1) is 0 Å². The molecule has 0 unspecified atom stereocenters. The summed E-state index contributed by atoms with van der Waals surface area (Å²) in [6.45, 7) is 27.3. The van der Waals surface area contributed by atoms with Crippen molar-refractivity contribution in [1.82, 2.24) is 29.6 Å². The topological polar surface area (TPSA) is 63.7 Å². The number of morpholine rings is 2. The number of fused-ring (bicyclic) bond motifs is 2. The molecule has 4 aromatic rings. The lowest BCUT2D eigenvalue weighted by Crippen LogP contribution is -2.48. The Kier molecular flexibility index (Phi) is 14.3. The van der Waals surface area contributed by atoms with E-state index < -0.39 is 0 Å². The van der Waals surface area contributed by atoms with Crippen molar-refractivity contribution >= 4 is 34.1 Å². The average Bonchev–Trinajstić information content (AvgIpc) is 3.89. The van der Waals surface area contributed by atoms with Gasteiger partial charge < -0.3 is 19.3 Å². The highest BCUT2D eigenvalue weighted by Gasteiger charge is 2.27. The molecule has 0 radical (unpaired) electrons. The standard InChI is InChI=1S/C26H33ClN4O.C26H34N4O/c1-19(2)30-9-11-31(12-10-30)23-5-3-20(4-6-23)26-24-21(7-8-28-26)17-22(25(24)27)18-29-13-15-32-16-14-29;1-20(2)29-9-11-30(12-10-29)24-5-3-22(4-6-24)26-25-18-21(17-23(25)7-8-27-26)19-28-13-15-31-16-14-28/h3-8,19H,9-18H2,1-2H3;3-8,18,20H,9-17,19H2,1-2H3. The maximum absolute atomic E-state index is 6.94. The van der Waals surface area contributed by atoms with Crippen LogP contribution in [0.25, 0.3) is 33.6 Å². The number of anilines is 2. The number of nitrogens with zero attached hydrogens (tertiary/aromatic N) is 8. The monoisotopic (exact) mass is 871 g/mol. The Bertz CT molecular complexity index is 2210. The molecule has 334 valence electrons. The van der Waals surface area contributed by atoms with Crippen LogP contribution >= 0.6 is 11.6 Å². The molecule has 4 fully saturated rings. The van der Waals surface area contributed by atoms with Gasteiger partial charge in [-0.1, -0.05) is 47.5 Å². The molecular weight excluding hydrogens is 804 g/mol. The molecule has 6 aliphatic rings. The van der Waals surface area contributed by atoms with Crippen LogP contribution in [-0.4, -0.2) is 160 Å². The molecule has 2 aromatic heterocycles. The fourth-order valence-corrected chi connectivity index (χ4v) is 10.4. The summed E-state index contributed by atoms with van der Waals surface area (Å²) in [6.07, 6.45) is 8.24. The van der Waals surface area contributed by atoms with E-state index in [0.717, 1.165) is 158 Å². The molecule has 10 nitrogen and oxygen atoms in total. The van der Waals surface area contributed by atoms with E-state index in [1.807, 2.05) is 12.4 Å². The van der Waals surface area contributed by atoms with Gasteiger partial charge in [0.25, 0.3) is 0 Å². The summed E-state index contributed by atoms with van der Waals surface area (Å²) in [4.78, 5) is 24.6. The fraction of sp³-hybridized carbons (Fsp3) is 0.500. The molecule has 0 spiro atoms. The van der Waals surface area contributed by atoms with Crippen LogP contribution in [0.5, 0.6) is 0 Å². The third-order valence-electron chi connectivity index (χ3n) is 14.0. The summed E-state index contributed by atoms with van der Waals surface area (Å²) in [5.74, 6) is 0. The largest absolute Gasteiger partial charge is 0.379 e. The number of rotatable bonds is 10. The number of hydrogen-bond donors (Lipinski definition) is 0. The Morgan fingerprint density at radius 2 is 1.02 bits per heavy atom. The minimum absolute atomic E-state index is 0.622. The first-order valence-corrected chi connectivity index (χ1v) is 24.0. The first-order valence-electron chi connectivity index (χ1n) is 23.6. The van der Waals surface area contributed by atoms with E-state index in [1.54, 1.807) is 0 Å². The highest BCUT2D eigenvalue weighted by Crippen LogP contribution is 2.41. The molecule has 0 N–H and O–H groups in total. The molecule has 0 atom stereocenters. The summed E-state index contributed by atoms with van der Waals surface area (Å²) in [5.41, 5.74) is 15.0. The van der Waals surface area contributed by atoms with Gasteiger partial charge in [0.05, 0.1) is 42.8 Å². The van der Waals surface area contributed by atoms with E-state index in [0.29, 0.717) is 12.1 Å². The molecule has 0 saturated carbocycles. The van der Waals surface area contributed by atoms with Crippen LogP contribution in [0.3, 0.4) is 0 Å². The third-order valence-corrected chi connectivity index (χ3v) is 14.4. The van der Waals surface area contributed by atoms with Crippen LogP contribution in [0.2, 0.25) is 0 Å². The van der Waals surface area contributed by atoms with Gasteiger partial charge in [0, 0.05) is 150 Å². The lowest BCUT2D eigenvalue weighted by atomic mass is 10.0. The van der Waals surface area contributed by atoms with E-state index >= 15 is 0 Å². The molecule has 4 aliphatic heterocycles. The molecule has 4 saturated heterocycles. The second kappa shape index (κ2) is 20.4. The fourth-order valence-electron chi connectivity index (χ4n) is 10.1. The van der Waals surface area contributed by atoms with Crippen molar-refractivity contribution in [2.75, 3.05) is 128 Å². The second-order valence-corrected chi connectivity index (χ2v) is 19.0. The van der Waals surface area contributed by atoms with Gasteiger partial charge in [0.1, 0.15) is 0 Å². The van der Waals surface area contributed by atoms with Gasteiger partial charge in [-0.25, -0.2) is 0 Å². The van der Waals surface area contributed by atoms with Crippen LogP contribution < -0.4 is 9.80 Å². The number of aromatic nitrogens is 2. The van der Waals surface area contributed by atoms with Gasteiger partial charge in [-0.05, 0) is 93.6 Å². The number of halogens is 1. The summed E-state index contributed by atoms with van der Waals surface area (Å²) >= 11 is 6.94. The van der Waals surface area contributed by atoms with E-state index in [2.05, 4.69) is 124 Å². The van der Waals surface area contributed by atoms with Gasteiger partial charge in [-0.3, -0.25) is 29.6 Å². The number of ether oxygens (including phenoxy) is 2. The van der Waals surface area contributed by atoms with E-state index in [1.165, 1.54) is 44.8 Å². The summed E-state index contributed by atoms with van der Waals surface area (Å²) in [7, 11) is 0. The Balaban J connectivity index is 0.000000160. The lowest BCUT2D eigenvalue weighted by molar-refractivity contribution is 0.0421. The Labute approximate surface area is 381 Å². The number of hydrogen-bond acceptors (Lipinski definition) is 10. The van der Waals surface area contributed by atoms with Crippen molar-refractivity contribution in [3.05, 3.63) is 106 Å². The highest BCUT2D eigenvalue weighted by atomic mass is 35.5. The van der Waals surface area contributed by atoms with Crippen LogP contribution in [0.1, 0.15) is 49.9 Å². The maximum Gasteiger partial charge on any atom is 0.0792 e. The number of pyridine rings is 2. The molecule has 6 heterocycles. The van der Waals surface area contributed by atoms with E-state index in [9.17, 15) is 0 Å². The first-order chi connectivity index (χ1) is 30.8. The summed E-state index contributed by atoms with van der Waals surface area (Å²) < 4.78 is 11.0. The van der Waals surface area contributed by atoms with Crippen molar-refractivity contribution in [3.63, 3.8) is 0 Å². The Morgan fingerprint density at radius 3 is 1.54 bits per heavy atom.